The van der Waals surface area contributed by atoms with Crippen molar-refractivity contribution in [2.45, 2.75) is 26.3 Å². The molecule has 126 valence electrons. The summed E-state index contributed by atoms with van der Waals surface area (Å²) in [5.41, 5.74) is 8.61. The maximum absolute atomic E-state index is 6.22. The summed E-state index contributed by atoms with van der Waals surface area (Å²) in [5, 5.41) is 1.87. The summed E-state index contributed by atoms with van der Waals surface area (Å²) in [7, 11) is 2.17. The van der Waals surface area contributed by atoms with Crippen molar-refractivity contribution in [1.29, 1.82) is 0 Å². The number of hydrogen-bond acceptors (Lipinski definition) is 3. The second kappa shape index (κ2) is 5.41. The van der Waals surface area contributed by atoms with Crippen LogP contribution in [0.25, 0.3) is 22.8 Å². The van der Waals surface area contributed by atoms with Gasteiger partial charge in [-0.25, -0.2) is 4.98 Å². The normalized spacial score (nSPS) is 18.3. The number of hydrogen-bond donors (Lipinski definition) is 0. The Labute approximate surface area is 151 Å². The molecule has 0 N–H and O–H groups in total. The number of allylic oxidation sites excluding steroid dienone is 1. The van der Waals surface area contributed by atoms with Crippen LogP contribution in [0.15, 0.2) is 24.4 Å². The molecule has 25 heavy (non-hydrogen) atoms. The molecule has 0 saturated heterocycles. The first-order valence-electron chi connectivity index (χ1n) is 8.63. The third-order valence-electron chi connectivity index (χ3n) is 5.29. The largest absolute Gasteiger partial charge is 0.304 e. The van der Waals surface area contributed by atoms with Crippen LogP contribution in [0.2, 0.25) is 5.02 Å². The lowest BCUT2D eigenvalue weighted by Crippen LogP contribution is -2.27. The molecule has 0 spiro atoms. The van der Waals surface area contributed by atoms with Crippen molar-refractivity contribution >= 4 is 34.4 Å². The average molecular weight is 351 g/mol. The fourth-order valence-electron chi connectivity index (χ4n) is 3.98. The summed E-state index contributed by atoms with van der Waals surface area (Å²) in [4.78, 5) is 11.6. The van der Waals surface area contributed by atoms with E-state index in [9.17, 15) is 0 Å². The van der Waals surface area contributed by atoms with E-state index in [0.29, 0.717) is 5.02 Å². The average Bonchev–Trinajstić information content (AvgIpc) is 2.86. The van der Waals surface area contributed by atoms with E-state index in [1.807, 2.05) is 6.92 Å². The third kappa shape index (κ3) is 2.32. The second-order valence-electron chi connectivity index (χ2n) is 7.09. The van der Waals surface area contributed by atoms with Gasteiger partial charge >= 0.3 is 0 Å². The zero-order valence-electron chi connectivity index (χ0n) is 14.4. The van der Waals surface area contributed by atoms with Gasteiger partial charge in [0.15, 0.2) is 0 Å². The molecule has 1 aliphatic heterocycles. The lowest BCUT2D eigenvalue weighted by molar-refractivity contribution is 0.312. The smallest absolute Gasteiger partial charge is 0.144 e. The minimum atomic E-state index is 0.696. The van der Waals surface area contributed by atoms with Gasteiger partial charge in [0.05, 0.1) is 10.7 Å². The first-order chi connectivity index (χ1) is 12.1. The van der Waals surface area contributed by atoms with Crippen molar-refractivity contribution in [3.8, 4) is 0 Å². The highest BCUT2D eigenvalue weighted by molar-refractivity contribution is 6.31. The predicted molar refractivity (Wildman–Crippen MR) is 102 cm³/mol. The standard InChI is InChI=1S/C20H19ClN4/c1-12-3-4-15-13(7-18(15)23-12)10-25-19-5-6-24(2)11-17(19)16-8-14(21)9-22-20(16)25/h3-4,8-10H,5-7,11H2,1-2H3. The number of aromatic nitrogens is 3. The number of rotatable bonds is 1. The van der Waals surface area contributed by atoms with Crippen molar-refractivity contribution in [3.63, 3.8) is 0 Å². The summed E-state index contributed by atoms with van der Waals surface area (Å²) >= 11 is 6.22. The molecule has 5 rings (SSSR count). The Morgan fingerprint density at radius 3 is 3.00 bits per heavy atom. The second-order valence-corrected chi connectivity index (χ2v) is 7.52. The van der Waals surface area contributed by atoms with Crippen molar-refractivity contribution in [1.82, 2.24) is 19.4 Å². The summed E-state index contributed by atoms with van der Waals surface area (Å²) < 4.78 is 2.28. The van der Waals surface area contributed by atoms with Crippen molar-refractivity contribution in [2.75, 3.05) is 13.6 Å². The Morgan fingerprint density at radius 2 is 2.16 bits per heavy atom. The van der Waals surface area contributed by atoms with Crippen LogP contribution in [0.1, 0.15) is 28.2 Å². The lowest BCUT2D eigenvalue weighted by Gasteiger charge is -2.25. The van der Waals surface area contributed by atoms with Crippen LogP contribution in [0.5, 0.6) is 0 Å². The highest BCUT2D eigenvalue weighted by Gasteiger charge is 2.25. The molecule has 3 aromatic rings. The van der Waals surface area contributed by atoms with E-state index in [-0.39, 0.29) is 0 Å². The van der Waals surface area contributed by atoms with Gasteiger partial charge in [-0.3, -0.25) is 4.98 Å². The third-order valence-corrected chi connectivity index (χ3v) is 5.49. The minimum Gasteiger partial charge on any atom is -0.304 e. The van der Waals surface area contributed by atoms with E-state index >= 15 is 0 Å². The Kier molecular flexibility index (Phi) is 3.27. The summed E-state index contributed by atoms with van der Waals surface area (Å²) in [6.45, 7) is 4.06. The molecule has 0 saturated carbocycles. The SMILES string of the molecule is Cc1ccc2c(n1)CC2=Cn1c2c(c3cc(Cl)cnc31)CN(C)CC2. The fourth-order valence-corrected chi connectivity index (χ4v) is 4.14. The van der Waals surface area contributed by atoms with E-state index in [4.69, 9.17) is 11.6 Å². The van der Waals surface area contributed by atoms with Gasteiger partial charge in [-0.2, -0.15) is 0 Å². The quantitative estimate of drug-likeness (QED) is 0.666. The number of fused-ring (bicyclic) bond motifs is 4. The molecule has 0 fully saturated rings. The Balaban J connectivity index is 1.69. The van der Waals surface area contributed by atoms with Crippen LogP contribution in [-0.2, 0) is 19.4 Å². The molecule has 0 amide bonds. The maximum atomic E-state index is 6.22. The van der Waals surface area contributed by atoms with Gasteiger partial charge in [-0.15, -0.1) is 0 Å². The monoisotopic (exact) mass is 350 g/mol. The number of halogens is 1. The molecular weight excluding hydrogens is 332 g/mol. The summed E-state index contributed by atoms with van der Waals surface area (Å²) in [6.07, 6.45) is 5.96. The Hall–Kier alpha value is -2.17. The molecule has 4 heterocycles. The van der Waals surface area contributed by atoms with Gasteiger partial charge < -0.3 is 9.47 Å². The topological polar surface area (TPSA) is 34.0 Å². The molecular formula is C20H19ClN4. The summed E-state index contributed by atoms with van der Waals surface area (Å²) in [6, 6.07) is 6.32. The van der Waals surface area contributed by atoms with Crippen LogP contribution >= 0.6 is 11.6 Å². The Bertz CT molecular complexity index is 1050. The highest BCUT2D eigenvalue weighted by atomic mass is 35.5. The van der Waals surface area contributed by atoms with E-state index in [1.165, 1.54) is 33.5 Å². The van der Waals surface area contributed by atoms with Gasteiger partial charge in [0.1, 0.15) is 5.65 Å². The number of likely N-dealkylation sites (N-methyl/N-ethyl adjacent to an activating group) is 1. The molecule has 3 aromatic heterocycles. The maximum Gasteiger partial charge on any atom is 0.144 e. The first-order valence-corrected chi connectivity index (χ1v) is 9.01. The molecule has 0 atom stereocenters. The lowest BCUT2D eigenvalue weighted by atomic mass is 9.88. The van der Waals surface area contributed by atoms with Crippen LogP contribution < -0.4 is 0 Å². The van der Waals surface area contributed by atoms with Crippen molar-refractivity contribution in [2.24, 2.45) is 0 Å². The van der Waals surface area contributed by atoms with Gasteiger partial charge in [0.2, 0.25) is 0 Å². The van der Waals surface area contributed by atoms with Crippen LogP contribution in [0.3, 0.4) is 0 Å². The fraction of sp³-hybridized carbons (Fsp3) is 0.300. The zero-order valence-corrected chi connectivity index (χ0v) is 15.1. The van der Waals surface area contributed by atoms with E-state index in [2.05, 4.69) is 50.9 Å². The van der Waals surface area contributed by atoms with Gasteiger partial charge in [0, 0.05) is 60.7 Å². The number of aryl methyl sites for hydroxylation is 1. The molecule has 2 aliphatic rings. The number of nitrogens with zero attached hydrogens (tertiary/aromatic N) is 4. The van der Waals surface area contributed by atoms with Crippen LogP contribution in [-0.4, -0.2) is 33.0 Å². The van der Waals surface area contributed by atoms with Crippen LogP contribution in [0.4, 0.5) is 0 Å². The van der Waals surface area contributed by atoms with E-state index < -0.39 is 0 Å². The molecule has 0 bridgehead atoms. The van der Waals surface area contributed by atoms with Crippen molar-refractivity contribution in [3.05, 3.63) is 57.6 Å². The van der Waals surface area contributed by atoms with Gasteiger partial charge in [-0.05, 0) is 37.2 Å². The molecule has 1 aliphatic carbocycles. The Morgan fingerprint density at radius 1 is 1.28 bits per heavy atom. The molecule has 5 heteroatoms. The van der Waals surface area contributed by atoms with Crippen molar-refractivity contribution < 1.29 is 0 Å². The number of pyridine rings is 2. The molecule has 0 aromatic carbocycles. The minimum absolute atomic E-state index is 0.696. The van der Waals surface area contributed by atoms with E-state index in [1.54, 1.807) is 6.20 Å². The van der Waals surface area contributed by atoms with Gasteiger partial charge in [0.25, 0.3) is 0 Å². The zero-order chi connectivity index (χ0) is 17.1. The van der Waals surface area contributed by atoms with E-state index in [0.717, 1.165) is 37.3 Å². The van der Waals surface area contributed by atoms with Crippen LogP contribution in [0, 0.1) is 6.92 Å². The predicted octanol–water partition coefficient (Wildman–Crippen LogP) is 3.94. The van der Waals surface area contributed by atoms with Gasteiger partial charge in [-0.1, -0.05) is 17.7 Å². The molecule has 0 radical (unpaired) electrons. The first kappa shape index (κ1) is 15.1. The summed E-state index contributed by atoms with van der Waals surface area (Å²) in [5.74, 6) is 0. The molecule has 0 unspecified atom stereocenters. The highest BCUT2D eigenvalue weighted by Crippen LogP contribution is 2.36. The molecule has 4 nitrogen and oxygen atoms in total.